The van der Waals surface area contributed by atoms with Crippen LogP contribution in [-0.4, -0.2) is 35.0 Å². The van der Waals surface area contributed by atoms with Crippen LogP contribution in [0.4, 0.5) is 0 Å². The van der Waals surface area contributed by atoms with Crippen LogP contribution in [0.1, 0.15) is 6.92 Å². The first kappa shape index (κ1) is 9.11. The van der Waals surface area contributed by atoms with Gasteiger partial charge < -0.3 is 5.11 Å². The van der Waals surface area contributed by atoms with Crippen LogP contribution in [0, 0.1) is 0 Å². The third kappa shape index (κ3) is 1.26. The number of aliphatic hydroxyl groups excluding tert-OH is 1. The van der Waals surface area contributed by atoms with Crippen molar-refractivity contribution in [3.8, 4) is 0 Å². The standard InChI is InChI=1S/C9H10N2O3/c1-5-2-7(13)6(3-12)8(9(5)14)11-4-10-11/h2,10,12H,3-4H2,1H3. The maximum atomic E-state index is 11.7. The van der Waals surface area contributed by atoms with Gasteiger partial charge >= 0.3 is 0 Å². The van der Waals surface area contributed by atoms with Gasteiger partial charge in [0.1, 0.15) is 12.4 Å². The molecule has 0 unspecified atom stereocenters. The summed E-state index contributed by atoms with van der Waals surface area (Å²) in [6, 6.07) is 0. The lowest BCUT2D eigenvalue weighted by atomic mass is 9.95. The van der Waals surface area contributed by atoms with E-state index in [0.717, 1.165) is 0 Å². The van der Waals surface area contributed by atoms with Crippen molar-refractivity contribution in [1.29, 1.82) is 0 Å². The number of aliphatic hydroxyl groups is 1. The second-order valence-electron chi connectivity index (χ2n) is 3.25. The zero-order valence-electron chi connectivity index (χ0n) is 7.70. The van der Waals surface area contributed by atoms with Crippen molar-refractivity contribution in [2.45, 2.75) is 6.92 Å². The molecule has 1 aliphatic carbocycles. The minimum atomic E-state index is -0.401. The lowest BCUT2D eigenvalue weighted by Crippen LogP contribution is -2.25. The molecule has 5 nitrogen and oxygen atoms in total. The first-order valence-electron chi connectivity index (χ1n) is 4.27. The molecule has 0 aromatic carbocycles. The van der Waals surface area contributed by atoms with Crippen molar-refractivity contribution in [2.24, 2.45) is 0 Å². The maximum absolute atomic E-state index is 11.7. The number of ketones is 2. The lowest BCUT2D eigenvalue weighted by molar-refractivity contribution is -0.116. The average molecular weight is 194 g/mol. The summed E-state index contributed by atoms with van der Waals surface area (Å²) in [7, 11) is 0. The van der Waals surface area contributed by atoms with Crippen molar-refractivity contribution < 1.29 is 14.7 Å². The number of nitrogens with zero attached hydrogens (tertiary/aromatic N) is 1. The van der Waals surface area contributed by atoms with Gasteiger partial charge in [-0.05, 0) is 13.0 Å². The van der Waals surface area contributed by atoms with E-state index in [9.17, 15) is 9.59 Å². The summed E-state index contributed by atoms with van der Waals surface area (Å²) in [6.45, 7) is 1.74. The summed E-state index contributed by atoms with van der Waals surface area (Å²) < 4.78 is 0. The number of carbonyl (C=O) groups excluding carboxylic acids is 2. The molecule has 1 aliphatic heterocycles. The molecule has 14 heavy (non-hydrogen) atoms. The number of Topliss-reactive ketones (excluding diaryl/α,β-unsaturated/α-hetero) is 1. The number of hydrazine groups is 1. The zero-order chi connectivity index (χ0) is 10.3. The van der Waals surface area contributed by atoms with Gasteiger partial charge in [0.15, 0.2) is 5.78 Å². The monoisotopic (exact) mass is 194 g/mol. The van der Waals surface area contributed by atoms with E-state index in [-0.39, 0.29) is 22.8 Å². The summed E-state index contributed by atoms with van der Waals surface area (Å²) >= 11 is 0. The Morgan fingerprint density at radius 1 is 1.57 bits per heavy atom. The Kier molecular flexibility index (Phi) is 1.98. The highest BCUT2D eigenvalue weighted by atomic mass is 16.3. The summed E-state index contributed by atoms with van der Waals surface area (Å²) in [4.78, 5) is 23.1. The third-order valence-electron chi connectivity index (χ3n) is 2.25. The van der Waals surface area contributed by atoms with Gasteiger partial charge in [-0.2, -0.15) is 0 Å². The predicted molar refractivity (Wildman–Crippen MR) is 47.7 cm³/mol. The molecule has 2 aliphatic rings. The fourth-order valence-corrected chi connectivity index (χ4v) is 1.42. The van der Waals surface area contributed by atoms with Crippen LogP contribution >= 0.6 is 0 Å². The molecule has 74 valence electrons. The molecule has 0 aromatic rings. The topological polar surface area (TPSA) is 79.3 Å². The fourth-order valence-electron chi connectivity index (χ4n) is 1.42. The van der Waals surface area contributed by atoms with Crippen LogP contribution in [0.2, 0.25) is 0 Å². The summed E-state index contributed by atoms with van der Waals surface area (Å²) in [6.07, 6.45) is 1.26. The molecule has 1 saturated heterocycles. The van der Waals surface area contributed by atoms with E-state index in [2.05, 4.69) is 5.43 Å². The largest absolute Gasteiger partial charge is 0.391 e. The minimum Gasteiger partial charge on any atom is -0.391 e. The molecule has 1 fully saturated rings. The molecule has 0 atom stereocenters. The third-order valence-corrected chi connectivity index (χ3v) is 2.25. The van der Waals surface area contributed by atoms with E-state index in [4.69, 9.17) is 5.11 Å². The molecule has 0 saturated carbocycles. The van der Waals surface area contributed by atoms with Crippen LogP contribution in [0.5, 0.6) is 0 Å². The molecule has 1 heterocycles. The van der Waals surface area contributed by atoms with Crippen molar-refractivity contribution in [3.05, 3.63) is 22.9 Å². The van der Waals surface area contributed by atoms with Gasteiger partial charge in [0, 0.05) is 5.57 Å². The minimum absolute atomic E-state index is 0.172. The molecular weight excluding hydrogens is 184 g/mol. The van der Waals surface area contributed by atoms with Gasteiger partial charge in [0.2, 0.25) is 5.78 Å². The van der Waals surface area contributed by atoms with Crippen LogP contribution in [0.15, 0.2) is 22.9 Å². The molecule has 2 N–H and O–H groups in total. The van der Waals surface area contributed by atoms with E-state index < -0.39 is 6.61 Å². The second-order valence-corrected chi connectivity index (χ2v) is 3.25. The number of allylic oxidation sites excluding steroid dienone is 2. The molecule has 0 spiro atoms. The second kappa shape index (κ2) is 3.04. The molecule has 0 bridgehead atoms. The number of nitrogens with one attached hydrogen (secondary N) is 1. The van der Waals surface area contributed by atoms with Gasteiger partial charge in [-0.3, -0.25) is 14.6 Å². The van der Waals surface area contributed by atoms with Gasteiger partial charge in [0.25, 0.3) is 0 Å². The Morgan fingerprint density at radius 3 is 2.71 bits per heavy atom. The van der Waals surface area contributed by atoms with Gasteiger partial charge in [-0.1, -0.05) is 0 Å². The highest BCUT2D eigenvalue weighted by Gasteiger charge is 2.34. The van der Waals surface area contributed by atoms with Gasteiger partial charge in [-0.25, -0.2) is 5.43 Å². The molecule has 0 radical (unpaired) electrons. The Bertz CT molecular complexity index is 378. The summed E-state index contributed by atoms with van der Waals surface area (Å²) in [5.74, 6) is -0.480. The maximum Gasteiger partial charge on any atom is 0.206 e. The fraction of sp³-hybridized carbons (Fsp3) is 0.333. The predicted octanol–water partition coefficient (Wildman–Crippen LogP) is -0.891. The van der Waals surface area contributed by atoms with E-state index >= 15 is 0 Å². The Balaban J connectivity index is 2.46. The van der Waals surface area contributed by atoms with E-state index in [1.165, 1.54) is 6.08 Å². The number of carbonyl (C=O) groups is 2. The van der Waals surface area contributed by atoms with Crippen LogP contribution in [0.25, 0.3) is 0 Å². The van der Waals surface area contributed by atoms with Crippen LogP contribution < -0.4 is 5.43 Å². The lowest BCUT2D eigenvalue weighted by Gasteiger charge is -2.15. The summed E-state index contributed by atoms with van der Waals surface area (Å²) in [5, 5.41) is 10.6. The Hall–Kier alpha value is -1.46. The molecule has 0 amide bonds. The molecule has 5 heteroatoms. The first-order valence-corrected chi connectivity index (χ1v) is 4.27. The smallest absolute Gasteiger partial charge is 0.206 e. The van der Waals surface area contributed by atoms with Crippen molar-refractivity contribution in [3.63, 3.8) is 0 Å². The summed E-state index contributed by atoms with van der Waals surface area (Å²) in [5.41, 5.74) is 3.68. The normalized spacial score (nSPS) is 21.6. The van der Waals surface area contributed by atoms with E-state index in [1.807, 2.05) is 0 Å². The van der Waals surface area contributed by atoms with Gasteiger partial charge in [0.05, 0.1) is 12.2 Å². The van der Waals surface area contributed by atoms with Crippen LogP contribution in [0.3, 0.4) is 0 Å². The highest BCUT2D eigenvalue weighted by molar-refractivity contribution is 6.22. The quantitative estimate of drug-likeness (QED) is 0.440. The van der Waals surface area contributed by atoms with Crippen molar-refractivity contribution >= 4 is 11.6 Å². The number of hydrogen-bond donors (Lipinski definition) is 2. The number of hydrogen-bond acceptors (Lipinski definition) is 5. The van der Waals surface area contributed by atoms with Crippen molar-refractivity contribution in [2.75, 3.05) is 13.3 Å². The van der Waals surface area contributed by atoms with E-state index in [0.29, 0.717) is 12.2 Å². The van der Waals surface area contributed by atoms with Gasteiger partial charge in [-0.15, -0.1) is 0 Å². The Morgan fingerprint density at radius 2 is 2.21 bits per heavy atom. The first-order chi connectivity index (χ1) is 6.65. The molecule has 2 rings (SSSR count). The number of rotatable bonds is 2. The zero-order valence-corrected chi connectivity index (χ0v) is 7.70. The van der Waals surface area contributed by atoms with Crippen molar-refractivity contribution in [1.82, 2.24) is 10.4 Å². The Labute approximate surface area is 80.7 Å². The highest BCUT2D eigenvalue weighted by Crippen LogP contribution is 2.23. The van der Waals surface area contributed by atoms with Crippen LogP contribution in [-0.2, 0) is 9.59 Å². The SMILES string of the molecule is CC1=CC(=O)C(CO)=C(N2CN2)C1=O. The molecular formula is C9H10N2O3. The average Bonchev–Trinajstić information content (AvgIpc) is 2.94. The van der Waals surface area contributed by atoms with E-state index in [1.54, 1.807) is 11.9 Å². The molecule has 0 aromatic heterocycles.